The maximum absolute atomic E-state index is 11.9. The Labute approximate surface area is 116 Å². The summed E-state index contributed by atoms with van der Waals surface area (Å²) < 4.78 is 0. The van der Waals surface area contributed by atoms with Gasteiger partial charge in [-0.2, -0.15) is 0 Å². The minimum atomic E-state index is -0.396. The number of nitrogens with one attached hydrogen (secondary N) is 1. The Morgan fingerprint density at radius 1 is 1.33 bits per heavy atom. The lowest BCUT2D eigenvalue weighted by Crippen LogP contribution is -2.56. The molecular weight excluding hydrogens is 273 g/mol. The molecule has 0 saturated heterocycles. The Bertz CT molecular complexity index is 453. The van der Waals surface area contributed by atoms with Crippen molar-refractivity contribution in [2.24, 2.45) is 0 Å². The molecular formula is C13H15Cl2NO2. The molecule has 1 amide bonds. The lowest BCUT2D eigenvalue weighted by molar-refractivity contribution is -0.124. The van der Waals surface area contributed by atoms with E-state index in [0.717, 1.165) is 24.8 Å². The van der Waals surface area contributed by atoms with E-state index in [1.165, 1.54) is 0 Å². The van der Waals surface area contributed by atoms with Crippen molar-refractivity contribution in [3.8, 4) is 0 Å². The Hall–Kier alpha value is -0.770. The van der Waals surface area contributed by atoms with Gasteiger partial charge in [-0.05, 0) is 37.0 Å². The molecule has 0 spiro atoms. The summed E-state index contributed by atoms with van der Waals surface area (Å²) in [7, 11) is 0. The summed E-state index contributed by atoms with van der Waals surface area (Å²) in [5.74, 6) is -0.0952. The number of rotatable bonds is 4. The summed E-state index contributed by atoms with van der Waals surface area (Å²) in [6.07, 6.45) is 2.99. The van der Waals surface area contributed by atoms with Crippen molar-refractivity contribution in [1.29, 1.82) is 0 Å². The van der Waals surface area contributed by atoms with E-state index in [9.17, 15) is 9.90 Å². The quantitative estimate of drug-likeness (QED) is 0.894. The average Bonchev–Trinajstić information content (AvgIpc) is 2.29. The number of hydrogen-bond donors (Lipinski definition) is 2. The highest BCUT2D eigenvalue weighted by atomic mass is 35.5. The van der Waals surface area contributed by atoms with E-state index >= 15 is 0 Å². The highest BCUT2D eigenvalue weighted by Crippen LogP contribution is 2.31. The molecule has 1 aliphatic rings. The number of carbonyl (C=O) groups excluding carboxylic acids is 1. The fourth-order valence-corrected chi connectivity index (χ4v) is 2.42. The van der Waals surface area contributed by atoms with Crippen molar-refractivity contribution >= 4 is 29.1 Å². The van der Waals surface area contributed by atoms with E-state index in [4.69, 9.17) is 23.2 Å². The first-order valence-corrected chi connectivity index (χ1v) is 6.66. The molecule has 0 heterocycles. The molecule has 2 rings (SSSR count). The van der Waals surface area contributed by atoms with E-state index in [2.05, 4.69) is 5.32 Å². The van der Waals surface area contributed by atoms with Crippen LogP contribution in [-0.2, 0) is 11.2 Å². The zero-order chi connectivity index (χ0) is 13.2. The van der Waals surface area contributed by atoms with Gasteiger partial charge in [-0.1, -0.05) is 29.3 Å². The molecule has 0 radical (unpaired) electrons. The minimum Gasteiger partial charge on any atom is -0.394 e. The molecule has 0 bridgehead atoms. The number of benzene rings is 1. The molecule has 3 nitrogen and oxygen atoms in total. The number of halogens is 2. The third-order valence-electron chi connectivity index (χ3n) is 3.37. The second-order valence-corrected chi connectivity index (χ2v) is 5.58. The van der Waals surface area contributed by atoms with Crippen LogP contribution in [0.1, 0.15) is 24.8 Å². The van der Waals surface area contributed by atoms with Crippen LogP contribution in [0, 0.1) is 0 Å². The molecule has 1 aliphatic carbocycles. The molecule has 1 fully saturated rings. The number of carbonyl (C=O) groups is 1. The first-order valence-electron chi connectivity index (χ1n) is 5.90. The summed E-state index contributed by atoms with van der Waals surface area (Å²) in [6, 6.07) is 5.15. The smallest absolute Gasteiger partial charge is 0.224 e. The monoisotopic (exact) mass is 287 g/mol. The van der Waals surface area contributed by atoms with E-state index in [-0.39, 0.29) is 18.9 Å². The van der Waals surface area contributed by atoms with Crippen molar-refractivity contribution in [2.75, 3.05) is 6.61 Å². The van der Waals surface area contributed by atoms with Gasteiger partial charge in [0.15, 0.2) is 0 Å². The minimum absolute atomic E-state index is 0.000113. The van der Waals surface area contributed by atoms with Crippen LogP contribution in [0.15, 0.2) is 18.2 Å². The Morgan fingerprint density at radius 2 is 2.06 bits per heavy atom. The van der Waals surface area contributed by atoms with Gasteiger partial charge >= 0.3 is 0 Å². The molecule has 1 saturated carbocycles. The third kappa shape index (κ3) is 2.97. The SMILES string of the molecule is O=C(Cc1ccc(Cl)c(Cl)c1)NC1(CO)CCC1. The van der Waals surface area contributed by atoms with Crippen LogP contribution in [0.5, 0.6) is 0 Å². The van der Waals surface area contributed by atoms with Crippen molar-refractivity contribution in [2.45, 2.75) is 31.2 Å². The van der Waals surface area contributed by atoms with Gasteiger partial charge in [0.1, 0.15) is 0 Å². The van der Waals surface area contributed by atoms with Crippen molar-refractivity contribution in [3.05, 3.63) is 33.8 Å². The van der Waals surface area contributed by atoms with Crippen LogP contribution >= 0.6 is 23.2 Å². The van der Waals surface area contributed by atoms with Gasteiger partial charge in [-0.25, -0.2) is 0 Å². The number of aliphatic hydroxyl groups is 1. The van der Waals surface area contributed by atoms with Gasteiger partial charge in [0, 0.05) is 0 Å². The van der Waals surface area contributed by atoms with Gasteiger partial charge < -0.3 is 10.4 Å². The predicted molar refractivity (Wildman–Crippen MR) is 72.0 cm³/mol. The summed E-state index contributed by atoms with van der Waals surface area (Å²) in [6.45, 7) is 0.000113. The zero-order valence-electron chi connectivity index (χ0n) is 9.88. The topological polar surface area (TPSA) is 49.3 Å². The second-order valence-electron chi connectivity index (χ2n) is 4.77. The average molecular weight is 288 g/mol. The lowest BCUT2D eigenvalue weighted by atomic mass is 9.77. The van der Waals surface area contributed by atoms with E-state index in [1.807, 2.05) is 0 Å². The van der Waals surface area contributed by atoms with Crippen LogP contribution in [0.4, 0.5) is 0 Å². The zero-order valence-corrected chi connectivity index (χ0v) is 11.4. The standard InChI is InChI=1S/C13H15Cl2NO2/c14-10-3-2-9(6-11(10)15)7-12(18)16-13(8-17)4-1-5-13/h2-3,6,17H,1,4-5,7-8H2,(H,16,18). The van der Waals surface area contributed by atoms with Gasteiger partial charge in [0.05, 0.1) is 28.6 Å². The molecule has 0 aliphatic heterocycles. The third-order valence-corrected chi connectivity index (χ3v) is 4.11. The van der Waals surface area contributed by atoms with Crippen LogP contribution < -0.4 is 5.32 Å². The molecule has 2 N–H and O–H groups in total. The van der Waals surface area contributed by atoms with Gasteiger partial charge in [0.2, 0.25) is 5.91 Å². The van der Waals surface area contributed by atoms with Crippen LogP contribution in [0.2, 0.25) is 10.0 Å². The maximum Gasteiger partial charge on any atom is 0.224 e. The van der Waals surface area contributed by atoms with Crippen molar-refractivity contribution in [3.63, 3.8) is 0 Å². The van der Waals surface area contributed by atoms with Gasteiger partial charge in [-0.3, -0.25) is 4.79 Å². The molecule has 0 aromatic heterocycles. The molecule has 98 valence electrons. The van der Waals surface area contributed by atoms with E-state index in [1.54, 1.807) is 18.2 Å². The van der Waals surface area contributed by atoms with Crippen LogP contribution in [-0.4, -0.2) is 23.2 Å². The molecule has 18 heavy (non-hydrogen) atoms. The normalized spacial score (nSPS) is 17.1. The number of hydrogen-bond acceptors (Lipinski definition) is 2. The summed E-state index contributed by atoms with van der Waals surface area (Å²) in [4.78, 5) is 11.9. The van der Waals surface area contributed by atoms with Gasteiger partial charge in [0.25, 0.3) is 0 Å². The van der Waals surface area contributed by atoms with Crippen molar-refractivity contribution in [1.82, 2.24) is 5.32 Å². The first kappa shape index (κ1) is 13.7. The van der Waals surface area contributed by atoms with Gasteiger partial charge in [-0.15, -0.1) is 0 Å². The summed E-state index contributed by atoms with van der Waals surface area (Å²) >= 11 is 11.7. The Morgan fingerprint density at radius 3 is 2.56 bits per heavy atom. The molecule has 5 heteroatoms. The fourth-order valence-electron chi connectivity index (χ4n) is 2.10. The predicted octanol–water partition coefficient (Wildman–Crippen LogP) is 2.57. The summed E-state index contributed by atoms with van der Waals surface area (Å²) in [5, 5.41) is 13.1. The van der Waals surface area contributed by atoms with Crippen molar-refractivity contribution < 1.29 is 9.90 Å². The fraction of sp³-hybridized carbons (Fsp3) is 0.462. The number of amides is 1. The maximum atomic E-state index is 11.9. The largest absolute Gasteiger partial charge is 0.394 e. The van der Waals surface area contributed by atoms with E-state index < -0.39 is 5.54 Å². The summed E-state index contributed by atoms with van der Waals surface area (Å²) in [5.41, 5.74) is 0.419. The molecule has 1 aromatic carbocycles. The van der Waals surface area contributed by atoms with E-state index in [0.29, 0.717) is 10.0 Å². The Kier molecular flexibility index (Phi) is 4.15. The second kappa shape index (κ2) is 5.47. The van der Waals surface area contributed by atoms with Crippen LogP contribution in [0.25, 0.3) is 0 Å². The Balaban J connectivity index is 1.96. The molecule has 0 unspecified atom stereocenters. The van der Waals surface area contributed by atoms with Crippen LogP contribution in [0.3, 0.4) is 0 Å². The molecule has 1 aromatic rings. The lowest BCUT2D eigenvalue weighted by Gasteiger charge is -2.41. The highest BCUT2D eigenvalue weighted by molar-refractivity contribution is 6.42. The highest BCUT2D eigenvalue weighted by Gasteiger charge is 2.37. The molecule has 0 atom stereocenters. The number of aliphatic hydroxyl groups excluding tert-OH is 1. The first-order chi connectivity index (χ1) is 8.54.